The van der Waals surface area contributed by atoms with Crippen LogP contribution in [0.4, 0.5) is 5.69 Å². The molecule has 106 valence electrons. The van der Waals surface area contributed by atoms with Gasteiger partial charge in [0.05, 0.1) is 29.7 Å². The number of hydrogen-bond donors (Lipinski definition) is 1. The van der Waals surface area contributed by atoms with Crippen LogP contribution in [0, 0.1) is 0 Å². The predicted molar refractivity (Wildman–Crippen MR) is 85.0 cm³/mol. The fraction of sp³-hybridized carbons (Fsp3) is 0.0625. The van der Waals surface area contributed by atoms with Gasteiger partial charge in [0.15, 0.2) is 0 Å². The van der Waals surface area contributed by atoms with Gasteiger partial charge in [-0.3, -0.25) is 0 Å². The van der Waals surface area contributed by atoms with E-state index in [-0.39, 0.29) is 0 Å². The molecule has 21 heavy (non-hydrogen) atoms. The van der Waals surface area contributed by atoms with E-state index < -0.39 is 0 Å². The van der Waals surface area contributed by atoms with Gasteiger partial charge in [-0.1, -0.05) is 23.7 Å². The number of anilines is 1. The van der Waals surface area contributed by atoms with E-state index in [0.29, 0.717) is 10.7 Å². The number of methoxy groups -OCH3 is 1. The maximum absolute atomic E-state index is 6.19. The number of aromatic nitrogens is 2. The summed E-state index contributed by atoms with van der Waals surface area (Å²) in [4.78, 5) is 0. The van der Waals surface area contributed by atoms with Gasteiger partial charge in [-0.25, -0.2) is 4.68 Å². The molecule has 5 heteroatoms. The van der Waals surface area contributed by atoms with Crippen LogP contribution >= 0.6 is 11.6 Å². The van der Waals surface area contributed by atoms with Crippen molar-refractivity contribution in [3.8, 4) is 22.7 Å². The summed E-state index contributed by atoms with van der Waals surface area (Å²) in [6.07, 6.45) is 1.76. The van der Waals surface area contributed by atoms with Crippen LogP contribution in [0.2, 0.25) is 5.02 Å². The standard InChI is InChI=1S/C16H14ClN3O/c1-21-12-8-6-11(7-9-12)16-14(18)10-20(19-16)15-5-3-2-4-13(15)17/h2-10H,18H2,1H3. The Kier molecular flexibility index (Phi) is 3.54. The van der Waals surface area contributed by atoms with Crippen LogP contribution in [-0.4, -0.2) is 16.9 Å². The smallest absolute Gasteiger partial charge is 0.118 e. The second kappa shape index (κ2) is 5.50. The van der Waals surface area contributed by atoms with Gasteiger partial charge in [-0.15, -0.1) is 0 Å². The zero-order chi connectivity index (χ0) is 14.8. The van der Waals surface area contributed by atoms with Gasteiger partial charge < -0.3 is 10.5 Å². The highest BCUT2D eigenvalue weighted by atomic mass is 35.5. The third kappa shape index (κ3) is 2.58. The second-order valence-electron chi connectivity index (χ2n) is 4.56. The molecule has 1 aromatic heterocycles. The first-order chi connectivity index (χ1) is 10.2. The Balaban J connectivity index is 2.03. The lowest BCUT2D eigenvalue weighted by Crippen LogP contribution is -1.95. The van der Waals surface area contributed by atoms with Crippen molar-refractivity contribution in [3.63, 3.8) is 0 Å². The molecule has 0 aliphatic carbocycles. The fourth-order valence-corrected chi connectivity index (χ4v) is 2.34. The lowest BCUT2D eigenvalue weighted by molar-refractivity contribution is 0.415. The Labute approximate surface area is 127 Å². The van der Waals surface area contributed by atoms with E-state index in [1.165, 1.54) is 0 Å². The van der Waals surface area contributed by atoms with Crippen molar-refractivity contribution in [1.82, 2.24) is 9.78 Å². The monoisotopic (exact) mass is 299 g/mol. The molecule has 0 bridgehead atoms. The maximum Gasteiger partial charge on any atom is 0.118 e. The number of nitrogen functional groups attached to an aromatic ring is 1. The molecule has 0 unspecified atom stereocenters. The minimum Gasteiger partial charge on any atom is -0.497 e. The molecule has 0 saturated carbocycles. The molecule has 0 spiro atoms. The first-order valence-electron chi connectivity index (χ1n) is 6.43. The van der Waals surface area contributed by atoms with Gasteiger partial charge in [-0.2, -0.15) is 5.10 Å². The molecule has 4 nitrogen and oxygen atoms in total. The summed E-state index contributed by atoms with van der Waals surface area (Å²) in [6, 6.07) is 15.1. The van der Waals surface area contributed by atoms with Crippen LogP contribution in [0.1, 0.15) is 0 Å². The molecule has 2 aromatic carbocycles. The molecular formula is C16H14ClN3O. The molecule has 0 saturated heterocycles. The third-order valence-corrected chi connectivity index (χ3v) is 3.52. The third-order valence-electron chi connectivity index (χ3n) is 3.21. The number of nitrogens with zero attached hydrogens (tertiary/aromatic N) is 2. The highest BCUT2D eigenvalue weighted by Gasteiger charge is 2.11. The summed E-state index contributed by atoms with van der Waals surface area (Å²) < 4.78 is 6.84. The molecule has 1 heterocycles. The number of para-hydroxylation sites is 1. The number of ether oxygens (including phenoxy) is 1. The van der Waals surface area contributed by atoms with E-state index in [1.807, 2.05) is 48.5 Å². The molecule has 0 radical (unpaired) electrons. The quantitative estimate of drug-likeness (QED) is 0.800. The average molecular weight is 300 g/mol. The second-order valence-corrected chi connectivity index (χ2v) is 4.96. The summed E-state index contributed by atoms with van der Waals surface area (Å²) in [7, 11) is 1.63. The average Bonchev–Trinajstić information content (AvgIpc) is 2.89. The molecule has 0 aliphatic heterocycles. The van der Waals surface area contributed by atoms with Crippen LogP contribution in [0.5, 0.6) is 5.75 Å². The minimum absolute atomic E-state index is 0.597. The van der Waals surface area contributed by atoms with Gasteiger partial charge in [0.25, 0.3) is 0 Å². The molecule has 0 atom stereocenters. The molecule has 0 fully saturated rings. The van der Waals surface area contributed by atoms with Crippen LogP contribution < -0.4 is 10.5 Å². The van der Waals surface area contributed by atoms with E-state index in [1.54, 1.807) is 18.0 Å². The zero-order valence-electron chi connectivity index (χ0n) is 11.5. The van der Waals surface area contributed by atoms with Crippen molar-refractivity contribution >= 4 is 17.3 Å². The molecule has 3 rings (SSSR count). The van der Waals surface area contributed by atoms with E-state index in [4.69, 9.17) is 22.1 Å². The lowest BCUT2D eigenvalue weighted by atomic mass is 10.1. The maximum atomic E-state index is 6.19. The lowest BCUT2D eigenvalue weighted by Gasteiger charge is -2.03. The van der Waals surface area contributed by atoms with Crippen LogP contribution in [0.25, 0.3) is 16.9 Å². The summed E-state index contributed by atoms with van der Waals surface area (Å²) >= 11 is 6.19. The Hall–Kier alpha value is -2.46. The van der Waals surface area contributed by atoms with E-state index in [9.17, 15) is 0 Å². The molecule has 0 amide bonds. The van der Waals surface area contributed by atoms with Crippen molar-refractivity contribution in [3.05, 3.63) is 59.8 Å². The Morgan fingerprint density at radius 2 is 1.81 bits per heavy atom. The summed E-state index contributed by atoms with van der Waals surface area (Å²) in [5.41, 5.74) is 9.12. The van der Waals surface area contributed by atoms with Crippen LogP contribution in [0.3, 0.4) is 0 Å². The SMILES string of the molecule is COc1ccc(-c2nn(-c3ccccc3Cl)cc2N)cc1. The predicted octanol–water partition coefficient (Wildman–Crippen LogP) is 3.78. The van der Waals surface area contributed by atoms with Crippen LogP contribution in [0.15, 0.2) is 54.7 Å². The Morgan fingerprint density at radius 1 is 1.10 bits per heavy atom. The van der Waals surface area contributed by atoms with Crippen molar-refractivity contribution in [2.75, 3.05) is 12.8 Å². The summed E-state index contributed by atoms with van der Waals surface area (Å²) in [5, 5.41) is 5.16. The van der Waals surface area contributed by atoms with Gasteiger partial charge in [0.2, 0.25) is 0 Å². The zero-order valence-corrected chi connectivity index (χ0v) is 12.2. The van der Waals surface area contributed by atoms with Gasteiger partial charge in [0.1, 0.15) is 11.4 Å². The first kappa shape index (κ1) is 13.5. The molecule has 0 aliphatic rings. The van der Waals surface area contributed by atoms with E-state index in [0.717, 1.165) is 22.7 Å². The highest BCUT2D eigenvalue weighted by molar-refractivity contribution is 6.32. The highest BCUT2D eigenvalue weighted by Crippen LogP contribution is 2.28. The first-order valence-corrected chi connectivity index (χ1v) is 6.81. The minimum atomic E-state index is 0.597. The van der Waals surface area contributed by atoms with Crippen molar-refractivity contribution < 1.29 is 4.74 Å². The number of hydrogen-bond acceptors (Lipinski definition) is 3. The Bertz CT molecular complexity index is 765. The molecular weight excluding hydrogens is 286 g/mol. The van der Waals surface area contributed by atoms with E-state index >= 15 is 0 Å². The normalized spacial score (nSPS) is 10.6. The fourth-order valence-electron chi connectivity index (χ4n) is 2.12. The summed E-state index contributed by atoms with van der Waals surface area (Å²) in [5.74, 6) is 0.794. The van der Waals surface area contributed by atoms with Crippen molar-refractivity contribution in [2.45, 2.75) is 0 Å². The van der Waals surface area contributed by atoms with Crippen molar-refractivity contribution in [2.24, 2.45) is 0 Å². The molecule has 3 aromatic rings. The molecule has 2 N–H and O–H groups in total. The van der Waals surface area contributed by atoms with E-state index in [2.05, 4.69) is 5.10 Å². The number of rotatable bonds is 3. The van der Waals surface area contributed by atoms with Gasteiger partial charge in [-0.05, 0) is 36.4 Å². The van der Waals surface area contributed by atoms with Crippen LogP contribution in [-0.2, 0) is 0 Å². The topological polar surface area (TPSA) is 53.1 Å². The number of nitrogens with two attached hydrogens (primary N) is 1. The Morgan fingerprint density at radius 3 is 2.48 bits per heavy atom. The largest absolute Gasteiger partial charge is 0.497 e. The number of benzene rings is 2. The van der Waals surface area contributed by atoms with Gasteiger partial charge in [0, 0.05) is 5.56 Å². The van der Waals surface area contributed by atoms with Crippen molar-refractivity contribution in [1.29, 1.82) is 0 Å². The van der Waals surface area contributed by atoms with Gasteiger partial charge >= 0.3 is 0 Å². The summed E-state index contributed by atoms with van der Waals surface area (Å²) in [6.45, 7) is 0. The number of halogens is 1.